The molecule has 0 radical (unpaired) electrons. The van der Waals surface area contributed by atoms with E-state index < -0.39 is 69.3 Å². The molecule has 0 aliphatic carbocycles. The van der Waals surface area contributed by atoms with E-state index in [1.165, 1.54) is 13.8 Å². The predicted molar refractivity (Wildman–Crippen MR) is 88.5 cm³/mol. The largest absolute Gasteiger partial charge is 0.489 e. The fraction of sp³-hybridized carbons (Fsp3) is 0.647. The molecule has 2 rings (SSSR count). The van der Waals surface area contributed by atoms with Crippen molar-refractivity contribution in [3.63, 3.8) is 0 Å². The van der Waals surface area contributed by atoms with Gasteiger partial charge in [-0.1, -0.05) is 13.0 Å². The molecule has 1 fully saturated rings. The van der Waals surface area contributed by atoms with Gasteiger partial charge in [-0.2, -0.15) is 17.6 Å². The summed E-state index contributed by atoms with van der Waals surface area (Å²) in [5.74, 6) is -5.70. The van der Waals surface area contributed by atoms with E-state index in [2.05, 4.69) is 0 Å². The van der Waals surface area contributed by atoms with E-state index in [0.717, 1.165) is 25.3 Å². The van der Waals surface area contributed by atoms with Gasteiger partial charge in [0.05, 0.1) is 11.9 Å². The zero-order chi connectivity index (χ0) is 20.8. The molecule has 4 unspecified atom stereocenters. The first-order valence-electron chi connectivity index (χ1n) is 8.22. The Bertz CT molecular complexity index is 808. The number of hydrogen-bond acceptors (Lipinski definition) is 4. The van der Waals surface area contributed by atoms with Crippen LogP contribution in [0.3, 0.4) is 0 Å². The highest BCUT2D eigenvalue weighted by atomic mass is 32.2. The maximum absolute atomic E-state index is 14.3. The van der Waals surface area contributed by atoms with Crippen LogP contribution in [0.1, 0.15) is 32.3 Å². The van der Waals surface area contributed by atoms with E-state index in [4.69, 9.17) is 9.47 Å². The van der Waals surface area contributed by atoms with Gasteiger partial charge in [-0.25, -0.2) is 12.8 Å². The smallest absolute Gasteiger partial charge is 0.417 e. The number of hydrogen-bond donors (Lipinski definition) is 0. The van der Waals surface area contributed by atoms with Crippen molar-refractivity contribution in [1.29, 1.82) is 0 Å². The lowest BCUT2D eigenvalue weighted by Crippen LogP contribution is -2.46. The first kappa shape index (κ1) is 21.9. The van der Waals surface area contributed by atoms with Gasteiger partial charge in [-0.15, -0.1) is 0 Å². The minimum atomic E-state index is -4.66. The third-order valence-electron chi connectivity index (χ3n) is 5.05. The molecule has 1 aromatic rings. The highest BCUT2D eigenvalue weighted by molar-refractivity contribution is 7.90. The molecule has 1 heterocycles. The Morgan fingerprint density at radius 2 is 1.81 bits per heavy atom. The molecule has 4 atom stereocenters. The average molecular weight is 416 g/mol. The van der Waals surface area contributed by atoms with Crippen LogP contribution in [0.15, 0.2) is 12.1 Å². The van der Waals surface area contributed by atoms with Crippen LogP contribution in [0, 0.1) is 17.6 Å². The number of halogens is 5. The highest BCUT2D eigenvalue weighted by Gasteiger charge is 2.63. The van der Waals surface area contributed by atoms with Gasteiger partial charge in [-0.3, -0.25) is 0 Å². The van der Waals surface area contributed by atoms with E-state index in [1.54, 1.807) is 0 Å². The molecule has 10 heteroatoms. The van der Waals surface area contributed by atoms with Crippen LogP contribution in [0.4, 0.5) is 22.0 Å². The zero-order valence-electron chi connectivity index (χ0n) is 15.2. The van der Waals surface area contributed by atoms with Crippen LogP contribution in [-0.2, 0) is 14.6 Å². The Balaban J connectivity index is 2.44. The molecule has 27 heavy (non-hydrogen) atoms. The topological polar surface area (TPSA) is 52.6 Å². The molecule has 1 aromatic carbocycles. The molecule has 0 spiro atoms. The fourth-order valence-electron chi connectivity index (χ4n) is 3.41. The Hall–Kier alpha value is -1.42. The monoisotopic (exact) mass is 416 g/mol. The summed E-state index contributed by atoms with van der Waals surface area (Å²) in [7, 11) is -3.42. The molecule has 1 aliphatic rings. The van der Waals surface area contributed by atoms with Crippen LogP contribution in [-0.4, -0.2) is 44.9 Å². The van der Waals surface area contributed by atoms with Crippen LogP contribution in [0.2, 0.25) is 0 Å². The Morgan fingerprint density at radius 1 is 1.22 bits per heavy atom. The normalized spacial score (nSPS) is 29.1. The van der Waals surface area contributed by atoms with Crippen molar-refractivity contribution in [2.75, 3.05) is 18.6 Å². The molecule has 0 bridgehead atoms. The lowest BCUT2D eigenvalue weighted by atomic mass is 9.77. The van der Waals surface area contributed by atoms with Crippen LogP contribution < -0.4 is 4.74 Å². The average Bonchev–Trinajstić information content (AvgIpc) is 2.73. The standard InChI is InChI=1S/C17H21F5O4S/c1-9-13(10(2)26-16(9,3)17(20,21)22)11-5-6-12(18)14(19)15(11)25-7-8-27(4,23)24/h5-6,9-10,13H,7-8H2,1-4H3. The van der Waals surface area contributed by atoms with Crippen molar-refractivity contribution >= 4 is 9.84 Å². The molecule has 4 nitrogen and oxygen atoms in total. The van der Waals surface area contributed by atoms with Crippen LogP contribution >= 0.6 is 0 Å². The van der Waals surface area contributed by atoms with Crippen molar-refractivity contribution in [3.8, 4) is 5.75 Å². The lowest BCUT2D eigenvalue weighted by Gasteiger charge is -2.32. The second kappa shape index (κ2) is 7.20. The van der Waals surface area contributed by atoms with Gasteiger partial charge in [0.1, 0.15) is 6.61 Å². The van der Waals surface area contributed by atoms with E-state index in [0.29, 0.717) is 0 Å². The third-order valence-corrected chi connectivity index (χ3v) is 5.96. The molecular formula is C17H21F5O4S. The first-order valence-corrected chi connectivity index (χ1v) is 10.3. The Labute approximate surface area is 154 Å². The summed E-state index contributed by atoms with van der Waals surface area (Å²) in [6.45, 7) is 3.19. The maximum atomic E-state index is 14.3. The van der Waals surface area contributed by atoms with Gasteiger partial charge in [0.2, 0.25) is 5.82 Å². The summed E-state index contributed by atoms with van der Waals surface area (Å²) in [6, 6.07) is 1.95. The molecule has 154 valence electrons. The molecule has 0 saturated carbocycles. The molecule has 0 N–H and O–H groups in total. The number of ether oxygens (including phenoxy) is 2. The van der Waals surface area contributed by atoms with Crippen molar-refractivity contribution in [2.24, 2.45) is 5.92 Å². The number of sulfone groups is 1. The Morgan fingerprint density at radius 3 is 2.30 bits per heavy atom. The predicted octanol–water partition coefficient (Wildman–Crippen LogP) is 3.85. The van der Waals surface area contributed by atoms with Crippen molar-refractivity contribution < 1.29 is 39.8 Å². The molecular weight excluding hydrogens is 395 g/mol. The second-order valence-electron chi connectivity index (χ2n) is 7.00. The second-order valence-corrected chi connectivity index (χ2v) is 9.26. The van der Waals surface area contributed by atoms with Crippen LogP contribution in [0.5, 0.6) is 5.75 Å². The van der Waals surface area contributed by atoms with E-state index in [1.807, 2.05) is 0 Å². The van der Waals surface area contributed by atoms with Crippen molar-refractivity contribution in [2.45, 2.75) is 44.6 Å². The number of rotatable bonds is 5. The number of benzene rings is 1. The van der Waals surface area contributed by atoms with Gasteiger partial charge in [0, 0.05) is 23.7 Å². The fourth-order valence-corrected chi connectivity index (χ4v) is 3.80. The van der Waals surface area contributed by atoms with E-state index in [9.17, 15) is 30.4 Å². The summed E-state index contributed by atoms with van der Waals surface area (Å²) >= 11 is 0. The summed E-state index contributed by atoms with van der Waals surface area (Å²) < 4.78 is 101. The highest BCUT2D eigenvalue weighted by Crippen LogP contribution is 2.54. The minimum absolute atomic E-state index is 0.00961. The summed E-state index contributed by atoms with van der Waals surface area (Å²) in [5, 5.41) is 0. The van der Waals surface area contributed by atoms with Gasteiger partial charge >= 0.3 is 6.18 Å². The van der Waals surface area contributed by atoms with Crippen molar-refractivity contribution in [1.82, 2.24) is 0 Å². The molecule has 0 aromatic heterocycles. The Kier molecular flexibility index (Phi) is 5.83. The third kappa shape index (κ3) is 4.21. The number of alkyl halides is 3. The van der Waals surface area contributed by atoms with Gasteiger partial charge in [0.25, 0.3) is 0 Å². The van der Waals surface area contributed by atoms with Gasteiger partial charge in [-0.05, 0) is 19.9 Å². The van der Waals surface area contributed by atoms with Gasteiger partial charge in [0.15, 0.2) is 27.0 Å². The van der Waals surface area contributed by atoms with E-state index in [-0.39, 0.29) is 5.56 Å². The van der Waals surface area contributed by atoms with Crippen LogP contribution in [0.25, 0.3) is 0 Å². The summed E-state index contributed by atoms with van der Waals surface area (Å²) in [4.78, 5) is 0. The maximum Gasteiger partial charge on any atom is 0.417 e. The zero-order valence-corrected chi connectivity index (χ0v) is 16.0. The molecule has 1 saturated heterocycles. The quantitative estimate of drug-likeness (QED) is 0.685. The van der Waals surface area contributed by atoms with Crippen molar-refractivity contribution in [3.05, 3.63) is 29.3 Å². The minimum Gasteiger partial charge on any atom is -0.489 e. The molecule has 1 aliphatic heterocycles. The first-order chi connectivity index (χ1) is 12.2. The van der Waals surface area contributed by atoms with E-state index >= 15 is 0 Å². The van der Waals surface area contributed by atoms with Gasteiger partial charge < -0.3 is 9.47 Å². The summed E-state index contributed by atoms with van der Waals surface area (Å²) in [5.41, 5.74) is -2.46. The SMILES string of the molecule is CC1OC(C)(C(F)(F)F)C(C)C1c1ccc(F)c(F)c1OCCS(C)(=O)=O. The molecule has 0 amide bonds. The summed E-state index contributed by atoms with van der Waals surface area (Å²) in [6.07, 6.45) is -4.66. The lowest BCUT2D eigenvalue weighted by molar-refractivity contribution is -0.273.